The Balaban J connectivity index is 2.36. The highest BCUT2D eigenvalue weighted by Crippen LogP contribution is 2.14. The molecule has 1 heterocycles. The second-order valence-electron chi connectivity index (χ2n) is 3.67. The van der Waals surface area contributed by atoms with E-state index in [9.17, 15) is 0 Å². The van der Waals surface area contributed by atoms with Gasteiger partial charge >= 0.3 is 0 Å². The topological polar surface area (TPSA) is 37.4 Å². The van der Waals surface area contributed by atoms with Crippen LogP contribution in [0.1, 0.15) is 5.56 Å². The molecule has 0 bridgehead atoms. The van der Waals surface area contributed by atoms with Gasteiger partial charge in [-0.3, -0.25) is 4.98 Å². The molecule has 15 heavy (non-hydrogen) atoms. The molecule has 1 rings (SSSR count). The number of hydrogen-bond acceptors (Lipinski definition) is 4. The predicted octanol–water partition coefficient (Wildman–Crippen LogP) is 0.741. The first-order chi connectivity index (χ1) is 7.24. The zero-order chi connectivity index (χ0) is 11.1. The summed E-state index contributed by atoms with van der Waals surface area (Å²) in [6, 6.07) is 1.97. The van der Waals surface area contributed by atoms with Crippen molar-refractivity contribution in [1.29, 1.82) is 0 Å². The van der Waals surface area contributed by atoms with Crippen molar-refractivity contribution in [3.8, 4) is 5.75 Å². The zero-order valence-electron chi connectivity index (χ0n) is 9.66. The number of nitrogens with one attached hydrogen (secondary N) is 1. The van der Waals surface area contributed by atoms with E-state index in [1.165, 1.54) is 0 Å². The molecule has 4 nitrogen and oxygen atoms in total. The predicted molar refractivity (Wildman–Crippen MR) is 61.0 cm³/mol. The maximum atomic E-state index is 5.21. The van der Waals surface area contributed by atoms with E-state index in [4.69, 9.17) is 4.74 Å². The smallest absolute Gasteiger partial charge is 0.141 e. The summed E-state index contributed by atoms with van der Waals surface area (Å²) in [6.07, 6.45) is 3.52. The van der Waals surface area contributed by atoms with E-state index in [2.05, 4.69) is 29.3 Å². The maximum absolute atomic E-state index is 5.21. The van der Waals surface area contributed by atoms with E-state index in [0.29, 0.717) is 0 Å². The van der Waals surface area contributed by atoms with Crippen molar-refractivity contribution in [2.45, 2.75) is 6.54 Å². The van der Waals surface area contributed by atoms with Crippen molar-refractivity contribution >= 4 is 0 Å². The number of likely N-dealkylation sites (N-methyl/N-ethyl adjacent to an activating group) is 1. The summed E-state index contributed by atoms with van der Waals surface area (Å²) in [5, 5.41) is 3.36. The number of ether oxygens (including phenoxy) is 1. The van der Waals surface area contributed by atoms with E-state index in [-0.39, 0.29) is 0 Å². The fourth-order valence-corrected chi connectivity index (χ4v) is 1.26. The highest BCUT2D eigenvalue weighted by Gasteiger charge is 2.00. The average molecular weight is 209 g/mol. The zero-order valence-corrected chi connectivity index (χ0v) is 9.66. The highest BCUT2D eigenvalue weighted by atomic mass is 16.5. The lowest BCUT2D eigenvalue weighted by Crippen LogP contribution is -2.26. The minimum atomic E-state index is 0.819. The molecule has 1 aromatic rings. The van der Waals surface area contributed by atoms with Crippen LogP contribution < -0.4 is 10.1 Å². The number of rotatable bonds is 6. The van der Waals surface area contributed by atoms with Crippen LogP contribution in [0.2, 0.25) is 0 Å². The normalized spacial score (nSPS) is 10.7. The van der Waals surface area contributed by atoms with Gasteiger partial charge in [0.1, 0.15) is 5.75 Å². The molecule has 84 valence electrons. The Hall–Kier alpha value is -1.13. The van der Waals surface area contributed by atoms with Crippen molar-refractivity contribution in [2.24, 2.45) is 0 Å². The van der Waals surface area contributed by atoms with Gasteiger partial charge in [0.05, 0.1) is 13.3 Å². The number of hydrogen-bond donors (Lipinski definition) is 1. The van der Waals surface area contributed by atoms with Crippen molar-refractivity contribution in [1.82, 2.24) is 15.2 Å². The Labute approximate surface area is 91.3 Å². The van der Waals surface area contributed by atoms with Gasteiger partial charge in [-0.05, 0) is 20.2 Å². The SMILES string of the molecule is COc1cnccc1CNCCN(C)C. The summed E-state index contributed by atoms with van der Waals surface area (Å²) in [5.41, 5.74) is 1.14. The Morgan fingerprint density at radius 1 is 1.47 bits per heavy atom. The molecule has 0 aromatic carbocycles. The third-order valence-electron chi connectivity index (χ3n) is 2.14. The van der Waals surface area contributed by atoms with Gasteiger partial charge in [0.15, 0.2) is 0 Å². The van der Waals surface area contributed by atoms with E-state index < -0.39 is 0 Å². The molecule has 0 saturated carbocycles. The number of pyridine rings is 1. The van der Waals surface area contributed by atoms with Gasteiger partial charge in [0, 0.05) is 31.4 Å². The molecular weight excluding hydrogens is 190 g/mol. The number of nitrogens with zero attached hydrogens (tertiary/aromatic N) is 2. The Morgan fingerprint density at radius 3 is 2.93 bits per heavy atom. The fourth-order valence-electron chi connectivity index (χ4n) is 1.26. The second kappa shape index (κ2) is 6.37. The number of aromatic nitrogens is 1. The second-order valence-corrected chi connectivity index (χ2v) is 3.67. The molecule has 0 aliphatic heterocycles. The summed E-state index contributed by atoms with van der Waals surface area (Å²) in [7, 11) is 5.80. The van der Waals surface area contributed by atoms with Crippen molar-refractivity contribution in [3.05, 3.63) is 24.0 Å². The molecule has 0 aliphatic carbocycles. The molecule has 4 heteroatoms. The van der Waals surface area contributed by atoms with E-state index in [1.54, 1.807) is 19.5 Å². The molecule has 0 unspecified atom stereocenters. The minimum Gasteiger partial charge on any atom is -0.495 e. The van der Waals surface area contributed by atoms with Gasteiger partial charge in [-0.15, -0.1) is 0 Å². The Morgan fingerprint density at radius 2 is 2.27 bits per heavy atom. The molecule has 0 spiro atoms. The van der Waals surface area contributed by atoms with Crippen LogP contribution >= 0.6 is 0 Å². The molecule has 0 fully saturated rings. The standard InChI is InChI=1S/C11H19N3O/c1-14(2)7-6-13-8-10-4-5-12-9-11(10)15-3/h4-5,9,13H,6-8H2,1-3H3. The summed E-state index contributed by atoms with van der Waals surface area (Å²) in [6.45, 7) is 2.82. The molecule has 0 saturated heterocycles. The lowest BCUT2D eigenvalue weighted by atomic mass is 10.2. The lowest BCUT2D eigenvalue weighted by molar-refractivity contribution is 0.392. The van der Waals surface area contributed by atoms with E-state index >= 15 is 0 Å². The van der Waals surface area contributed by atoms with Crippen LogP contribution in [0.4, 0.5) is 0 Å². The molecule has 0 radical (unpaired) electrons. The first kappa shape index (κ1) is 11.9. The van der Waals surface area contributed by atoms with Crippen LogP contribution in [-0.4, -0.2) is 44.2 Å². The largest absolute Gasteiger partial charge is 0.495 e. The maximum Gasteiger partial charge on any atom is 0.141 e. The monoisotopic (exact) mass is 209 g/mol. The quantitative estimate of drug-likeness (QED) is 0.701. The first-order valence-electron chi connectivity index (χ1n) is 5.06. The summed E-state index contributed by atoms with van der Waals surface area (Å²) in [4.78, 5) is 6.16. The minimum absolute atomic E-state index is 0.819. The van der Waals surface area contributed by atoms with Crippen LogP contribution in [0.3, 0.4) is 0 Å². The average Bonchev–Trinajstić information content (AvgIpc) is 2.24. The van der Waals surface area contributed by atoms with E-state index in [1.807, 2.05) is 6.07 Å². The molecule has 0 aliphatic rings. The fraction of sp³-hybridized carbons (Fsp3) is 0.545. The van der Waals surface area contributed by atoms with Crippen LogP contribution in [-0.2, 0) is 6.54 Å². The van der Waals surface area contributed by atoms with Crippen LogP contribution in [0.5, 0.6) is 5.75 Å². The van der Waals surface area contributed by atoms with Gasteiger partial charge in [-0.1, -0.05) is 0 Å². The summed E-state index contributed by atoms with van der Waals surface area (Å²) < 4.78 is 5.21. The van der Waals surface area contributed by atoms with Gasteiger partial charge in [0.25, 0.3) is 0 Å². The molecular formula is C11H19N3O. The van der Waals surface area contributed by atoms with Crippen LogP contribution in [0, 0.1) is 0 Å². The van der Waals surface area contributed by atoms with Crippen molar-refractivity contribution < 1.29 is 4.74 Å². The van der Waals surface area contributed by atoms with Gasteiger partial charge in [-0.2, -0.15) is 0 Å². The van der Waals surface area contributed by atoms with E-state index in [0.717, 1.165) is 30.9 Å². The first-order valence-corrected chi connectivity index (χ1v) is 5.06. The molecule has 1 aromatic heterocycles. The Kier molecular flexibility index (Phi) is 5.07. The summed E-state index contributed by atoms with van der Waals surface area (Å²) in [5.74, 6) is 0.842. The van der Waals surface area contributed by atoms with Gasteiger partial charge in [-0.25, -0.2) is 0 Å². The molecule has 0 atom stereocenters. The highest BCUT2D eigenvalue weighted by molar-refractivity contribution is 5.29. The van der Waals surface area contributed by atoms with Crippen LogP contribution in [0.25, 0.3) is 0 Å². The van der Waals surface area contributed by atoms with Gasteiger partial charge < -0.3 is 15.0 Å². The third kappa shape index (κ3) is 4.27. The molecule has 1 N–H and O–H groups in total. The number of methoxy groups -OCH3 is 1. The summed E-state index contributed by atoms with van der Waals surface area (Å²) >= 11 is 0. The van der Waals surface area contributed by atoms with Crippen LogP contribution in [0.15, 0.2) is 18.5 Å². The molecule has 0 amide bonds. The van der Waals surface area contributed by atoms with Gasteiger partial charge in [0.2, 0.25) is 0 Å². The lowest BCUT2D eigenvalue weighted by Gasteiger charge is -2.11. The third-order valence-corrected chi connectivity index (χ3v) is 2.14. The van der Waals surface area contributed by atoms with Crippen molar-refractivity contribution in [3.63, 3.8) is 0 Å². The van der Waals surface area contributed by atoms with Crippen molar-refractivity contribution in [2.75, 3.05) is 34.3 Å². The Bertz CT molecular complexity index is 289.